The molecule has 2 nitrogen and oxygen atoms in total. The van der Waals surface area contributed by atoms with Gasteiger partial charge in [0.1, 0.15) is 5.75 Å². The Morgan fingerprint density at radius 1 is 1.29 bits per heavy atom. The lowest BCUT2D eigenvalue weighted by molar-refractivity contribution is 0.306. The van der Waals surface area contributed by atoms with Crippen LogP contribution in [0.3, 0.4) is 0 Å². The Morgan fingerprint density at radius 3 is 2.36 bits per heavy atom. The highest BCUT2D eigenvalue weighted by Crippen LogP contribution is 2.35. The highest BCUT2D eigenvalue weighted by molar-refractivity contribution is 9.11. The van der Waals surface area contributed by atoms with Gasteiger partial charge in [0.2, 0.25) is 0 Å². The standard InChI is InChI=1S/C10H13Br2NO/c1-2-3-4-14-10-8(11)5-7(13)6-9(10)12/h5-6H,2-4,13H2,1H3. The van der Waals surface area contributed by atoms with E-state index in [1.165, 1.54) is 0 Å². The number of nitrogen functional groups attached to an aromatic ring is 1. The van der Waals surface area contributed by atoms with E-state index in [1.807, 2.05) is 12.1 Å². The van der Waals surface area contributed by atoms with Crippen LogP contribution in [-0.4, -0.2) is 6.61 Å². The molecule has 1 aromatic carbocycles. The first-order valence-corrected chi connectivity index (χ1v) is 6.11. The molecule has 0 heterocycles. The lowest BCUT2D eigenvalue weighted by Gasteiger charge is -2.10. The molecular formula is C10H13Br2NO. The maximum atomic E-state index is 5.67. The SMILES string of the molecule is CCCCOc1c(Br)cc(N)cc1Br. The second kappa shape index (κ2) is 5.61. The van der Waals surface area contributed by atoms with Crippen molar-refractivity contribution in [2.24, 2.45) is 0 Å². The second-order valence-electron chi connectivity index (χ2n) is 3.02. The number of nitrogens with two attached hydrogens (primary N) is 1. The average Bonchev–Trinajstić information content (AvgIpc) is 2.09. The number of hydrogen-bond donors (Lipinski definition) is 1. The van der Waals surface area contributed by atoms with E-state index in [4.69, 9.17) is 10.5 Å². The first kappa shape index (κ1) is 11.9. The molecule has 0 amide bonds. The van der Waals surface area contributed by atoms with Crippen molar-refractivity contribution < 1.29 is 4.74 Å². The van der Waals surface area contributed by atoms with Gasteiger partial charge in [-0.3, -0.25) is 0 Å². The van der Waals surface area contributed by atoms with E-state index >= 15 is 0 Å². The summed E-state index contributed by atoms with van der Waals surface area (Å²) in [6, 6.07) is 3.68. The van der Waals surface area contributed by atoms with Gasteiger partial charge >= 0.3 is 0 Å². The van der Waals surface area contributed by atoms with E-state index in [9.17, 15) is 0 Å². The summed E-state index contributed by atoms with van der Waals surface area (Å²) < 4.78 is 7.39. The van der Waals surface area contributed by atoms with Crippen LogP contribution < -0.4 is 10.5 Å². The first-order chi connectivity index (χ1) is 6.65. The number of halogens is 2. The van der Waals surface area contributed by atoms with Crippen LogP contribution >= 0.6 is 31.9 Å². The summed E-state index contributed by atoms with van der Waals surface area (Å²) in [7, 11) is 0. The molecule has 0 fully saturated rings. The van der Waals surface area contributed by atoms with Crippen LogP contribution in [0.4, 0.5) is 5.69 Å². The van der Waals surface area contributed by atoms with Gasteiger partial charge < -0.3 is 10.5 Å². The van der Waals surface area contributed by atoms with Crippen molar-refractivity contribution in [2.75, 3.05) is 12.3 Å². The Kier molecular flexibility index (Phi) is 4.75. The lowest BCUT2D eigenvalue weighted by Crippen LogP contribution is -1.98. The van der Waals surface area contributed by atoms with Crippen LogP contribution in [0.1, 0.15) is 19.8 Å². The summed E-state index contributed by atoms with van der Waals surface area (Å²) in [5.41, 5.74) is 6.38. The van der Waals surface area contributed by atoms with Crippen molar-refractivity contribution in [1.82, 2.24) is 0 Å². The zero-order valence-electron chi connectivity index (χ0n) is 8.02. The molecule has 0 saturated heterocycles. The molecule has 0 bridgehead atoms. The molecule has 14 heavy (non-hydrogen) atoms. The third-order valence-corrected chi connectivity index (χ3v) is 2.94. The minimum Gasteiger partial charge on any atom is -0.491 e. The van der Waals surface area contributed by atoms with Gasteiger partial charge in [-0.1, -0.05) is 13.3 Å². The largest absolute Gasteiger partial charge is 0.491 e. The van der Waals surface area contributed by atoms with Gasteiger partial charge in [-0.05, 0) is 50.4 Å². The quantitative estimate of drug-likeness (QED) is 0.672. The molecule has 0 saturated carbocycles. The predicted octanol–water partition coefficient (Wildman–Crippen LogP) is 3.97. The average molecular weight is 323 g/mol. The molecule has 78 valence electrons. The van der Waals surface area contributed by atoms with Crippen molar-refractivity contribution in [1.29, 1.82) is 0 Å². The Labute approximate surface area is 101 Å². The summed E-state index contributed by atoms with van der Waals surface area (Å²) in [4.78, 5) is 0. The van der Waals surface area contributed by atoms with E-state index in [-0.39, 0.29) is 0 Å². The Bertz CT molecular complexity index is 292. The van der Waals surface area contributed by atoms with Crippen molar-refractivity contribution in [3.05, 3.63) is 21.1 Å². The summed E-state index contributed by atoms with van der Waals surface area (Å²) in [5, 5.41) is 0. The number of rotatable bonds is 4. The molecule has 0 aliphatic rings. The summed E-state index contributed by atoms with van der Waals surface area (Å²) >= 11 is 6.83. The van der Waals surface area contributed by atoms with Crippen molar-refractivity contribution in [3.63, 3.8) is 0 Å². The predicted molar refractivity (Wildman–Crippen MR) is 66.7 cm³/mol. The number of hydrogen-bond acceptors (Lipinski definition) is 2. The van der Waals surface area contributed by atoms with Crippen LogP contribution in [0.15, 0.2) is 21.1 Å². The number of ether oxygens (including phenoxy) is 1. The molecule has 0 radical (unpaired) electrons. The maximum absolute atomic E-state index is 5.67. The topological polar surface area (TPSA) is 35.2 Å². The Morgan fingerprint density at radius 2 is 1.86 bits per heavy atom. The molecule has 1 rings (SSSR count). The van der Waals surface area contributed by atoms with Crippen molar-refractivity contribution >= 4 is 37.5 Å². The van der Waals surface area contributed by atoms with Crippen molar-refractivity contribution in [3.8, 4) is 5.75 Å². The third kappa shape index (κ3) is 3.17. The van der Waals surface area contributed by atoms with Crippen LogP contribution in [0.5, 0.6) is 5.75 Å². The van der Waals surface area contributed by atoms with E-state index in [0.717, 1.165) is 34.1 Å². The molecule has 0 spiro atoms. The van der Waals surface area contributed by atoms with Gasteiger partial charge in [-0.25, -0.2) is 0 Å². The zero-order chi connectivity index (χ0) is 10.6. The van der Waals surface area contributed by atoms with Gasteiger partial charge in [-0.2, -0.15) is 0 Å². The van der Waals surface area contributed by atoms with Crippen LogP contribution in [0.2, 0.25) is 0 Å². The molecule has 0 aliphatic carbocycles. The van der Waals surface area contributed by atoms with E-state index in [2.05, 4.69) is 38.8 Å². The molecule has 0 aromatic heterocycles. The van der Waals surface area contributed by atoms with Crippen LogP contribution in [0, 0.1) is 0 Å². The fourth-order valence-corrected chi connectivity index (χ4v) is 2.49. The summed E-state index contributed by atoms with van der Waals surface area (Å²) in [6.07, 6.45) is 2.19. The molecule has 1 aromatic rings. The molecular weight excluding hydrogens is 310 g/mol. The number of anilines is 1. The van der Waals surface area contributed by atoms with Crippen LogP contribution in [0.25, 0.3) is 0 Å². The maximum Gasteiger partial charge on any atom is 0.147 e. The summed E-state index contributed by atoms with van der Waals surface area (Å²) in [5.74, 6) is 0.827. The van der Waals surface area contributed by atoms with Gasteiger partial charge in [0.15, 0.2) is 0 Å². The number of benzene rings is 1. The Balaban J connectivity index is 2.75. The minimum absolute atomic E-state index is 0.714. The monoisotopic (exact) mass is 321 g/mol. The summed E-state index contributed by atoms with van der Waals surface area (Å²) in [6.45, 7) is 2.87. The third-order valence-electron chi connectivity index (χ3n) is 1.76. The molecule has 0 aliphatic heterocycles. The van der Waals surface area contributed by atoms with Crippen molar-refractivity contribution in [2.45, 2.75) is 19.8 Å². The first-order valence-electron chi connectivity index (χ1n) is 4.52. The fraction of sp³-hybridized carbons (Fsp3) is 0.400. The van der Waals surface area contributed by atoms with E-state index < -0.39 is 0 Å². The highest BCUT2D eigenvalue weighted by Gasteiger charge is 2.07. The van der Waals surface area contributed by atoms with E-state index in [1.54, 1.807) is 0 Å². The van der Waals surface area contributed by atoms with Gasteiger partial charge in [0.25, 0.3) is 0 Å². The minimum atomic E-state index is 0.714. The Hall–Kier alpha value is -0.220. The molecule has 0 atom stereocenters. The molecule has 2 N–H and O–H groups in total. The highest BCUT2D eigenvalue weighted by atomic mass is 79.9. The molecule has 4 heteroatoms. The normalized spacial score (nSPS) is 10.2. The van der Waals surface area contributed by atoms with E-state index in [0.29, 0.717) is 5.69 Å². The molecule has 0 unspecified atom stereocenters. The zero-order valence-corrected chi connectivity index (χ0v) is 11.2. The van der Waals surface area contributed by atoms with Crippen LogP contribution in [-0.2, 0) is 0 Å². The number of unbranched alkanes of at least 4 members (excludes halogenated alkanes) is 1. The van der Waals surface area contributed by atoms with Gasteiger partial charge in [0, 0.05) is 5.69 Å². The lowest BCUT2D eigenvalue weighted by atomic mass is 10.3. The fourth-order valence-electron chi connectivity index (χ4n) is 1.04. The van der Waals surface area contributed by atoms with Gasteiger partial charge in [0.05, 0.1) is 15.6 Å². The smallest absolute Gasteiger partial charge is 0.147 e. The second-order valence-corrected chi connectivity index (χ2v) is 4.72. The van der Waals surface area contributed by atoms with Gasteiger partial charge in [-0.15, -0.1) is 0 Å².